The van der Waals surface area contributed by atoms with Crippen molar-refractivity contribution in [3.63, 3.8) is 0 Å². The molecule has 0 radical (unpaired) electrons. The summed E-state index contributed by atoms with van der Waals surface area (Å²) in [5.41, 5.74) is 6.86. The summed E-state index contributed by atoms with van der Waals surface area (Å²) in [5, 5.41) is 6.86. The minimum atomic E-state index is 0.177. The molecular weight excluding hydrogens is 248 g/mol. The number of aryl methyl sites for hydroxylation is 1. The van der Waals surface area contributed by atoms with E-state index >= 15 is 0 Å². The average molecular weight is 260 g/mol. The molecule has 0 aliphatic heterocycles. The summed E-state index contributed by atoms with van der Waals surface area (Å²) in [6.45, 7) is 2.37. The Labute approximate surface area is 107 Å². The van der Waals surface area contributed by atoms with Gasteiger partial charge in [-0.3, -0.25) is 0 Å². The maximum Gasteiger partial charge on any atom is 0.228 e. The van der Waals surface area contributed by atoms with Gasteiger partial charge in [0.05, 0.1) is 6.33 Å². The number of nitrogen functional groups attached to an aromatic ring is 1. The van der Waals surface area contributed by atoms with Gasteiger partial charge >= 0.3 is 0 Å². The Balaban J connectivity index is 1.73. The predicted octanol–water partition coefficient (Wildman–Crippen LogP) is 0.281. The van der Waals surface area contributed by atoms with Crippen LogP contribution in [0.3, 0.4) is 0 Å². The van der Waals surface area contributed by atoms with Crippen molar-refractivity contribution < 1.29 is 4.52 Å². The molecule has 0 aliphatic carbocycles. The summed E-state index contributed by atoms with van der Waals surface area (Å²) in [6, 6.07) is 0. The van der Waals surface area contributed by atoms with Crippen molar-refractivity contribution in [2.24, 2.45) is 0 Å². The number of fused-ring (bicyclic) bond motifs is 1. The molecule has 0 saturated heterocycles. The number of nitrogens with zero attached hydrogens (tertiary/aromatic N) is 5. The second kappa shape index (κ2) is 4.52. The second-order valence-corrected chi connectivity index (χ2v) is 3.94. The largest absolute Gasteiger partial charge is 0.368 e. The molecule has 0 saturated carbocycles. The van der Waals surface area contributed by atoms with Crippen molar-refractivity contribution in [3.8, 4) is 0 Å². The Morgan fingerprint density at radius 3 is 3.05 bits per heavy atom. The molecule has 0 fully saturated rings. The summed E-state index contributed by atoms with van der Waals surface area (Å²) >= 11 is 0. The van der Waals surface area contributed by atoms with Crippen LogP contribution in [0.2, 0.25) is 0 Å². The normalized spacial score (nSPS) is 11.0. The van der Waals surface area contributed by atoms with Crippen LogP contribution in [0.5, 0.6) is 0 Å². The predicted molar refractivity (Wildman–Crippen MR) is 67.3 cm³/mol. The number of imidazole rings is 1. The van der Waals surface area contributed by atoms with E-state index in [4.69, 9.17) is 10.3 Å². The van der Waals surface area contributed by atoms with E-state index in [9.17, 15) is 0 Å². The fraction of sp³-hybridized carbons (Fsp3) is 0.300. The Morgan fingerprint density at radius 2 is 2.26 bits per heavy atom. The molecule has 98 valence electrons. The molecule has 0 amide bonds. The first kappa shape index (κ1) is 11.4. The van der Waals surface area contributed by atoms with Gasteiger partial charge in [-0.25, -0.2) is 4.98 Å². The lowest BCUT2D eigenvalue weighted by Gasteiger charge is -2.05. The molecule has 0 aromatic carbocycles. The maximum absolute atomic E-state index is 5.61. The lowest BCUT2D eigenvalue weighted by molar-refractivity contribution is 0.377. The van der Waals surface area contributed by atoms with E-state index in [1.165, 1.54) is 0 Å². The zero-order valence-electron chi connectivity index (χ0n) is 10.2. The van der Waals surface area contributed by atoms with Gasteiger partial charge in [-0.1, -0.05) is 5.16 Å². The first-order valence-electron chi connectivity index (χ1n) is 5.72. The molecule has 3 aromatic heterocycles. The van der Waals surface area contributed by atoms with Crippen molar-refractivity contribution in [1.82, 2.24) is 30.1 Å². The highest BCUT2D eigenvalue weighted by Crippen LogP contribution is 2.16. The number of aromatic nitrogens is 6. The van der Waals surface area contributed by atoms with Crippen LogP contribution in [0.1, 0.15) is 11.7 Å². The number of nitrogens with two attached hydrogens (primary N) is 1. The standard InChI is InChI=1S/C10H12N8O/c1-5-15-6(19-18-5)2-3-12-8-7-9(14-4-13-7)17-10(11)16-8/h4H,2-3H2,1H3,(H4,11,12,13,14,16,17). The number of hydrogen-bond donors (Lipinski definition) is 3. The number of H-pyrrole nitrogens is 1. The molecule has 3 aromatic rings. The number of hydrogen-bond acceptors (Lipinski definition) is 8. The highest BCUT2D eigenvalue weighted by atomic mass is 16.5. The van der Waals surface area contributed by atoms with Crippen LogP contribution in [0.25, 0.3) is 11.2 Å². The zero-order valence-corrected chi connectivity index (χ0v) is 10.2. The smallest absolute Gasteiger partial charge is 0.228 e. The second-order valence-electron chi connectivity index (χ2n) is 3.94. The summed E-state index contributed by atoms with van der Waals surface area (Å²) in [5.74, 6) is 1.98. The van der Waals surface area contributed by atoms with Crippen LogP contribution in [-0.2, 0) is 6.42 Å². The van der Waals surface area contributed by atoms with Crippen molar-refractivity contribution >= 4 is 22.9 Å². The van der Waals surface area contributed by atoms with E-state index in [-0.39, 0.29) is 5.95 Å². The van der Waals surface area contributed by atoms with Gasteiger partial charge in [-0.15, -0.1) is 0 Å². The van der Waals surface area contributed by atoms with Crippen LogP contribution < -0.4 is 11.1 Å². The van der Waals surface area contributed by atoms with Gasteiger partial charge in [-0.05, 0) is 6.92 Å². The molecule has 0 aliphatic rings. The zero-order chi connectivity index (χ0) is 13.2. The first-order valence-corrected chi connectivity index (χ1v) is 5.72. The summed E-state index contributed by atoms with van der Waals surface area (Å²) in [4.78, 5) is 19.3. The van der Waals surface area contributed by atoms with Crippen LogP contribution in [0.4, 0.5) is 11.8 Å². The highest BCUT2D eigenvalue weighted by Gasteiger charge is 2.08. The molecule has 0 unspecified atom stereocenters. The molecule has 4 N–H and O–H groups in total. The van der Waals surface area contributed by atoms with Gasteiger partial charge < -0.3 is 20.6 Å². The van der Waals surface area contributed by atoms with Crippen LogP contribution >= 0.6 is 0 Å². The number of rotatable bonds is 4. The fourth-order valence-corrected chi connectivity index (χ4v) is 1.71. The Bertz CT molecular complexity index is 702. The van der Waals surface area contributed by atoms with Gasteiger partial charge in [0.25, 0.3) is 0 Å². The van der Waals surface area contributed by atoms with E-state index in [2.05, 4.69) is 35.4 Å². The first-order chi connectivity index (χ1) is 9.22. The van der Waals surface area contributed by atoms with Crippen molar-refractivity contribution in [2.45, 2.75) is 13.3 Å². The Morgan fingerprint density at radius 1 is 1.37 bits per heavy atom. The molecule has 19 heavy (non-hydrogen) atoms. The van der Waals surface area contributed by atoms with E-state index < -0.39 is 0 Å². The Kier molecular flexibility index (Phi) is 2.71. The van der Waals surface area contributed by atoms with E-state index in [0.717, 1.165) is 5.52 Å². The maximum atomic E-state index is 5.61. The number of nitrogens with one attached hydrogen (secondary N) is 2. The van der Waals surface area contributed by atoms with E-state index in [1.54, 1.807) is 13.3 Å². The summed E-state index contributed by atoms with van der Waals surface area (Å²) in [6.07, 6.45) is 2.14. The van der Waals surface area contributed by atoms with Crippen LogP contribution in [0, 0.1) is 6.92 Å². The van der Waals surface area contributed by atoms with E-state index in [1.807, 2.05) is 0 Å². The van der Waals surface area contributed by atoms with Gasteiger partial charge in [0, 0.05) is 13.0 Å². The van der Waals surface area contributed by atoms with Crippen LogP contribution in [0.15, 0.2) is 10.9 Å². The minimum absolute atomic E-state index is 0.177. The van der Waals surface area contributed by atoms with Gasteiger partial charge in [0.1, 0.15) is 5.52 Å². The third-order valence-electron chi connectivity index (χ3n) is 2.50. The number of aromatic amines is 1. The Hall–Kier alpha value is -2.71. The topological polar surface area (TPSA) is 131 Å². The van der Waals surface area contributed by atoms with Gasteiger partial charge in [0.15, 0.2) is 17.3 Å². The molecule has 3 rings (SSSR count). The molecule has 9 heteroatoms. The lowest BCUT2D eigenvalue weighted by Crippen LogP contribution is -2.09. The molecule has 0 bridgehead atoms. The lowest BCUT2D eigenvalue weighted by atomic mass is 10.4. The molecule has 0 spiro atoms. The summed E-state index contributed by atoms with van der Waals surface area (Å²) in [7, 11) is 0. The van der Waals surface area contributed by atoms with Crippen molar-refractivity contribution in [2.75, 3.05) is 17.6 Å². The van der Waals surface area contributed by atoms with Gasteiger partial charge in [-0.2, -0.15) is 15.0 Å². The van der Waals surface area contributed by atoms with Crippen LogP contribution in [-0.4, -0.2) is 36.6 Å². The molecule has 9 nitrogen and oxygen atoms in total. The highest BCUT2D eigenvalue weighted by molar-refractivity contribution is 5.83. The third-order valence-corrected chi connectivity index (χ3v) is 2.50. The minimum Gasteiger partial charge on any atom is -0.368 e. The third kappa shape index (κ3) is 2.30. The number of anilines is 2. The van der Waals surface area contributed by atoms with Crippen molar-refractivity contribution in [1.29, 1.82) is 0 Å². The van der Waals surface area contributed by atoms with Gasteiger partial charge in [0.2, 0.25) is 11.8 Å². The fourth-order valence-electron chi connectivity index (χ4n) is 1.71. The summed E-state index contributed by atoms with van der Waals surface area (Å²) < 4.78 is 5.02. The molecule has 3 heterocycles. The SMILES string of the molecule is Cc1noc(CCNc2nc(N)nc3nc[nH]c23)n1. The van der Waals surface area contributed by atoms with E-state index in [0.29, 0.717) is 36.1 Å². The molecule has 0 atom stereocenters. The van der Waals surface area contributed by atoms with Crippen molar-refractivity contribution in [3.05, 3.63) is 18.0 Å². The molecular formula is C10H12N8O. The quantitative estimate of drug-likeness (QED) is 0.609. The monoisotopic (exact) mass is 260 g/mol. The average Bonchev–Trinajstić information content (AvgIpc) is 2.98.